The van der Waals surface area contributed by atoms with Crippen molar-refractivity contribution in [1.29, 1.82) is 5.26 Å². The van der Waals surface area contributed by atoms with Gasteiger partial charge in [-0.25, -0.2) is 4.79 Å². The van der Waals surface area contributed by atoms with Crippen LogP contribution in [0.3, 0.4) is 0 Å². The van der Waals surface area contributed by atoms with Crippen molar-refractivity contribution in [3.63, 3.8) is 0 Å². The number of rotatable bonds is 7. The Balaban J connectivity index is 1.85. The van der Waals surface area contributed by atoms with Crippen molar-refractivity contribution in [1.82, 2.24) is 10.2 Å². The van der Waals surface area contributed by atoms with Gasteiger partial charge in [-0.05, 0) is 43.2 Å². The Bertz CT molecular complexity index is 782. The molecule has 2 rings (SSSR count). The minimum absolute atomic E-state index is 0.117. The summed E-state index contributed by atoms with van der Waals surface area (Å²) in [5, 5.41) is 11.9. The SMILES string of the molecule is CCN(CCNC(=O)N(C)Cc1cccc(C#N)c1)c1ccccc1C. The summed E-state index contributed by atoms with van der Waals surface area (Å²) in [5.74, 6) is 0. The van der Waals surface area contributed by atoms with Crippen LogP contribution >= 0.6 is 0 Å². The highest BCUT2D eigenvalue weighted by atomic mass is 16.2. The zero-order chi connectivity index (χ0) is 18.9. The Hall–Kier alpha value is -3.00. The summed E-state index contributed by atoms with van der Waals surface area (Å²) < 4.78 is 0. The second-order valence-electron chi connectivity index (χ2n) is 6.27. The topological polar surface area (TPSA) is 59.4 Å². The molecule has 0 heterocycles. The van der Waals surface area contributed by atoms with E-state index in [2.05, 4.69) is 42.3 Å². The lowest BCUT2D eigenvalue weighted by atomic mass is 10.1. The van der Waals surface area contributed by atoms with E-state index < -0.39 is 0 Å². The highest BCUT2D eigenvalue weighted by Crippen LogP contribution is 2.18. The van der Waals surface area contributed by atoms with E-state index in [1.165, 1.54) is 11.3 Å². The molecule has 0 unspecified atom stereocenters. The Morgan fingerprint density at radius 3 is 2.65 bits per heavy atom. The van der Waals surface area contributed by atoms with Gasteiger partial charge in [-0.1, -0.05) is 30.3 Å². The number of para-hydroxylation sites is 1. The molecule has 0 spiro atoms. The van der Waals surface area contributed by atoms with Crippen molar-refractivity contribution < 1.29 is 4.79 Å². The van der Waals surface area contributed by atoms with Gasteiger partial charge in [0.05, 0.1) is 11.6 Å². The van der Waals surface area contributed by atoms with Crippen LogP contribution in [0, 0.1) is 18.3 Å². The first-order chi connectivity index (χ1) is 12.5. The Kier molecular flexibility index (Phi) is 7.04. The fraction of sp³-hybridized carbons (Fsp3) is 0.333. The first kappa shape index (κ1) is 19.3. The minimum Gasteiger partial charge on any atom is -0.370 e. The summed E-state index contributed by atoms with van der Waals surface area (Å²) in [6.07, 6.45) is 0. The number of carbonyl (C=O) groups is 1. The zero-order valence-corrected chi connectivity index (χ0v) is 15.7. The average molecular weight is 350 g/mol. The number of hydrogen-bond donors (Lipinski definition) is 1. The summed E-state index contributed by atoms with van der Waals surface area (Å²) in [6.45, 7) is 6.89. The van der Waals surface area contributed by atoms with E-state index in [9.17, 15) is 4.79 Å². The third-order valence-corrected chi connectivity index (χ3v) is 4.32. The summed E-state index contributed by atoms with van der Waals surface area (Å²) in [7, 11) is 1.76. The van der Waals surface area contributed by atoms with Gasteiger partial charge in [0.2, 0.25) is 0 Å². The molecule has 2 amide bonds. The van der Waals surface area contributed by atoms with Gasteiger partial charge in [0.25, 0.3) is 0 Å². The molecule has 0 aliphatic heterocycles. The number of urea groups is 1. The van der Waals surface area contributed by atoms with Gasteiger partial charge in [0.1, 0.15) is 0 Å². The van der Waals surface area contributed by atoms with Crippen LogP contribution in [-0.2, 0) is 6.54 Å². The third kappa shape index (κ3) is 5.25. The van der Waals surface area contributed by atoms with Crippen molar-refractivity contribution in [2.24, 2.45) is 0 Å². The molecular weight excluding hydrogens is 324 g/mol. The normalized spacial score (nSPS) is 10.1. The standard InChI is InChI=1S/C21H26N4O/c1-4-25(20-11-6-5-8-17(20)2)13-12-23-21(26)24(3)16-19-10-7-9-18(14-19)15-22/h5-11,14H,4,12-13,16H2,1-3H3,(H,23,26). The molecule has 5 heteroatoms. The fourth-order valence-corrected chi connectivity index (χ4v) is 2.88. The first-order valence-electron chi connectivity index (χ1n) is 8.83. The van der Waals surface area contributed by atoms with Crippen LogP contribution in [-0.4, -0.2) is 37.6 Å². The van der Waals surface area contributed by atoms with Crippen molar-refractivity contribution in [3.8, 4) is 6.07 Å². The van der Waals surface area contributed by atoms with E-state index in [4.69, 9.17) is 5.26 Å². The predicted molar refractivity (Wildman–Crippen MR) is 105 cm³/mol. The summed E-state index contributed by atoms with van der Waals surface area (Å²) >= 11 is 0. The third-order valence-electron chi connectivity index (χ3n) is 4.32. The Morgan fingerprint density at radius 2 is 1.96 bits per heavy atom. The maximum absolute atomic E-state index is 12.3. The van der Waals surface area contributed by atoms with E-state index in [0.717, 1.165) is 18.7 Å². The number of hydrogen-bond acceptors (Lipinski definition) is 3. The van der Waals surface area contributed by atoms with E-state index in [1.807, 2.05) is 24.3 Å². The van der Waals surface area contributed by atoms with Crippen LogP contribution in [0.2, 0.25) is 0 Å². The predicted octanol–water partition coefficient (Wildman–Crippen LogP) is 3.53. The molecule has 0 fully saturated rings. The lowest BCUT2D eigenvalue weighted by Crippen LogP contribution is -2.41. The lowest BCUT2D eigenvalue weighted by Gasteiger charge is -2.26. The molecule has 0 aliphatic rings. The molecule has 5 nitrogen and oxygen atoms in total. The van der Waals surface area contributed by atoms with Crippen LogP contribution in [0.1, 0.15) is 23.6 Å². The smallest absolute Gasteiger partial charge is 0.317 e. The van der Waals surface area contributed by atoms with Crippen molar-refractivity contribution in [2.75, 3.05) is 31.6 Å². The maximum atomic E-state index is 12.3. The van der Waals surface area contributed by atoms with Crippen molar-refractivity contribution in [2.45, 2.75) is 20.4 Å². The second-order valence-corrected chi connectivity index (χ2v) is 6.27. The zero-order valence-electron chi connectivity index (χ0n) is 15.7. The van der Waals surface area contributed by atoms with Gasteiger partial charge < -0.3 is 15.1 Å². The van der Waals surface area contributed by atoms with E-state index in [-0.39, 0.29) is 6.03 Å². The molecular formula is C21H26N4O. The molecule has 1 N–H and O–H groups in total. The average Bonchev–Trinajstić information content (AvgIpc) is 2.66. The summed E-state index contributed by atoms with van der Waals surface area (Å²) in [5.41, 5.74) is 3.98. The molecule has 0 atom stereocenters. The highest BCUT2D eigenvalue weighted by molar-refractivity contribution is 5.73. The van der Waals surface area contributed by atoms with Crippen LogP contribution in [0.15, 0.2) is 48.5 Å². The number of anilines is 1. The number of nitriles is 1. The largest absolute Gasteiger partial charge is 0.370 e. The van der Waals surface area contributed by atoms with Gasteiger partial charge in [-0.15, -0.1) is 0 Å². The minimum atomic E-state index is -0.117. The molecule has 2 aromatic carbocycles. The number of nitrogens with one attached hydrogen (secondary N) is 1. The number of nitrogens with zero attached hydrogens (tertiary/aromatic N) is 3. The Morgan fingerprint density at radius 1 is 1.19 bits per heavy atom. The van der Waals surface area contributed by atoms with Crippen molar-refractivity contribution >= 4 is 11.7 Å². The number of likely N-dealkylation sites (N-methyl/N-ethyl adjacent to an activating group) is 1. The van der Waals surface area contributed by atoms with Crippen LogP contribution in [0.25, 0.3) is 0 Å². The van der Waals surface area contributed by atoms with E-state index in [0.29, 0.717) is 18.7 Å². The monoisotopic (exact) mass is 350 g/mol. The molecule has 26 heavy (non-hydrogen) atoms. The second kappa shape index (κ2) is 9.47. The van der Waals surface area contributed by atoms with Crippen LogP contribution < -0.4 is 10.2 Å². The Labute approximate surface area is 155 Å². The fourth-order valence-electron chi connectivity index (χ4n) is 2.88. The number of aryl methyl sites for hydroxylation is 1. The van der Waals surface area contributed by atoms with E-state index in [1.54, 1.807) is 24.1 Å². The maximum Gasteiger partial charge on any atom is 0.317 e. The van der Waals surface area contributed by atoms with E-state index >= 15 is 0 Å². The highest BCUT2D eigenvalue weighted by Gasteiger charge is 2.11. The number of carbonyl (C=O) groups excluding carboxylic acids is 1. The number of amides is 2. The van der Waals surface area contributed by atoms with Gasteiger partial charge in [0, 0.05) is 38.9 Å². The lowest BCUT2D eigenvalue weighted by molar-refractivity contribution is 0.207. The molecule has 0 saturated carbocycles. The van der Waals surface area contributed by atoms with Crippen molar-refractivity contribution in [3.05, 3.63) is 65.2 Å². The summed E-state index contributed by atoms with van der Waals surface area (Å²) in [6, 6.07) is 17.6. The van der Waals surface area contributed by atoms with Gasteiger partial charge in [-0.2, -0.15) is 5.26 Å². The van der Waals surface area contributed by atoms with Gasteiger partial charge >= 0.3 is 6.03 Å². The molecule has 0 saturated heterocycles. The molecule has 0 bridgehead atoms. The quantitative estimate of drug-likeness (QED) is 0.831. The number of benzene rings is 2. The molecule has 0 aliphatic carbocycles. The van der Waals surface area contributed by atoms with Gasteiger partial charge in [-0.3, -0.25) is 0 Å². The van der Waals surface area contributed by atoms with Gasteiger partial charge in [0.15, 0.2) is 0 Å². The molecule has 0 aromatic heterocycles. The van der Waals surface area contributed by atoms with Crippen LogP contribution in [0.4, 0.5) is 10.5 Å². The molecule has 2 aromatic rings. The van der Waals surface area contributed by atoms with Crippen LogP contribution in [0.5, 0.6) is 0 Å². The molecule has 0 radical (unpaired) electrons. The summed E-state index contributed by atoms with van der Waals surface area (Å²) in [4.78, 5) is 16.2. The first-order valence-corrected chi connectivity index (χ1v) is 8.83. The molecule has 136 valence electrons.